The van der Waals surface area contributed by atoms with Crippen LogP contribution in [0.5, 0.6) is 0 Å². The Labute approximate surface area is 170 Å². The van der Waals surface area contributed by atoms with Crippen molar-refractivity contribution in [3.8, 4) is 0 Å². The molecule has 1 heterocycles. The third kappa shape index (κ3) is 5.20. The molecule has 1 amide bonds. The van der Waals surface area contributed by atoms with Crippen LogP contribution in [0.2, 0.25) is 0 Å². The highest BCUT2D eigenvalue weighted by Crippen LogP contribution is 2.45. The topological polar surface area (TPSA) is 79.6 Å². The molecule has 1 aliphatic rings. The van der Waals surface area contributed by atoms with Crippen LogP contribution in [-0.4, -0.2) is 16.0 Å². The van der Waals surface area contributed by atoms with E-state index in [4.69, 9.17) is 0 Å². The summed E-state index contributed by atoms with van der Waals surface area (Å²) in [6.45, 7) is 2.96. The minimum atomic E-state index is -4.83. The fourth-order valence-corrected chi connectivity index (χ4v) is 4.58. The summed E-state index contributed by atoms with van der Waals surface area (Å²) in [6.07, 6.45) is -3.14. The summed E-state index contributed by atoms with van der Waals surface area (Å²) >= 11 is 0.887. The normalized spacial score (nSPS) is 16.2. The molecule has 0 bridgehead atoms. The average molecular weight is 449 g/mol. The number of hydrogen-bond donors (Lipinski definition) is 1. The van der Waals surface area contributed by atoms with Gasteiger partial charge in [0.25, 0.3) is 0 Å². The number of benzene rings is 1. The number of halogens is 4. The molecule has 0 radical (unpaired) electrons. The van der Waals surface area contributed by atoms with Crippen molar-refractivity contribution in [2.75, 3.05) is 0 Å². The van der Waals surface area contributed by atoms with Crippen LogP contribution in [0.15, 0.2) is 26.9 Å². The first-order chi connectivity index (χ1) is 13.4. The standard InChI is InChI=1S/C18H17F4N2O3S2/c1-17(2,26)16-23-8-15(28-16)29(27)24-14(25)7-12-11(9-3-4-9)5-10(19)6-13(12)18(20,21)22/h5-6,8-9,26H,3-4,7H2,1-2H3/q-1. The minimum absolute atomic E-state index is 0.0908. The van der Waals surface area contributed by atoms with Gasteiger partial charge in [0.2, 0.25) is 5.91 Å². The number of hydrogen-bond acceptors (Lipinski definition) is 6. The Morgan fingerprint density at radius 1 is 1.34 bits per heavy atom. The molecular formula is C18H17F4N2O3S2-. The van der Waals surface area contributed by atoms with E-state index in [1.165, 1.54) is 20.0 Å². The predicted molar refractivity (Wildman–Crippen MR) is 98.2 cm³/mol. The number of nitrogens with zero attached hydrogens (tertiary/aromatic N) is 2. The Bertz CT molecular complexity index is 1030. The molecule has 1 aromatic heterocycles. The maximum absolute atomic E-state index is 13.7. The van der Waals surface area contributed by atoms with Gasteiger partial charge in [-0.2, -0.15) is 13.2 Å². The number of carbonyl (C=O) groups excluding carboxylic acids is 1. The number of aromatic nitrogens is 1. The third-order valence-electron chi connectivity index (χ3n) is 4.26. The molecule has 1 aliphatic carbocycles. The maximum atomic E-state index is 13.7. The molecule has 2 aromatic rings. The van der Waals surface area contributed by atoms with Crippen LogP contribution in [0.4, 0.5) is 17.6 Å². The van der Waals surface area contributed by atoms with Crippen molar-refractivity contribution in [2.24, 2.45) is 4.36 Å². The van der Waals surface area contributed by atoms with Gasteiger partial charge in [0.05, 0.1) is 12.0 Å². The fourth-order valence-electron chi connectivity index (χ4n) is 2.81. The Morgan fingerprint density at radius 3 is 2.52 bits per heavy atom. The quantitative estimate of drug-likeness (QED) is 0.531. The lowest BCUT2D eigenvalue weighted by Crippen LogP contribution is -2.15. The van der Waals surface area contributed by atoms with E-state index in [1.54, 1.807) is 0 Å². The van der Waals surface area contributed by atoms with Crippen molar-refractivity contribution < 1.29 is 31.7 Å². The fraction of sp³-hybridized carbons (Fsp3) is 0.444. The van der Waals surface area contributed by atoms with Gasteiger partial charge < -0.3 is 13.7 Å². The zero-order valence-corrected chi connectivity index (χ0v) is 17.1. The van der Waals surface area contributed by atoms with Crippen molar-refractivity contribution in [1.29, 1.82) is 0 Å². The molecule has 3 rings (SSSR count). The van der Waals surface area contributed by atoms with E-state index in [2.05, 4.69) is 9.35 Å². The third-order valence-corrected chi connectivity index (χ3v) is 6.87. The first-order valence-corrected chi connectivity index (χ1v) is 10.5. The number of aliphatic hydroxyl groups is 1. The summed E-state index contributed by atoms with van der Waals surface area (Å²) in [5.74, 6) is -2.25. The monoisotopic (exact) mass is 449 g/mol. The number of thiazole rings is 1. The predicted octanol–water partition coefficient (Wildman–Crippen LogP) is 4.68. The summed E-state index contributed by atoms with van der Waals surface area (Å²) in [6, 6.07) is 1.38. The minimum Gasteiger partial charge on any atom is -0.439 e. The van der Waals surface area contributed by atoms with Gasteiger partial charge in [0.15, 0.2) is 0 Å². The second kappa shape index (κ2) is 7.77. The second-order valence-electron chi connectivity index (χ2n) is 7.25. The summed E-state index contributed by atoms with van der Waals surface area (Å²) in [5.41, 5.74) is -2.66. The van der Waals surface area contributed by atoms with Crippen LogP contribution >= 0.6 is 11.3 Å². The molecule has 0 saturated heterocycles. The number of rotatable bonds is 5. The Morgan fingerprint density at radius 2 is 2.00 bits per heavy atom. The molecule has 1 fully saturated rings. The van der Waals surface area contributed by atoms with Crippen LogP contribution in [0, 0.1) is 5.82 Å². The van der Waals surface area contributed by atoms with Gasteiger partial charge in [-0.05, 0) is 60.1 Å². The number of carbonyl (C=O) groups is 1. The van der Waals surface area contributed by atoms with Crippen molar-refractivity contribution in [1.82, 2.24) is 4.98 Å². The maximum Gasteiger partial charge on any atom is 0.416 e. The van der Waals surface area contributed by atoms with Gasteiger partial charge in [-0.3, -0.25) is 4.79 Å². The Hall–Kier alpha value is -1.85. The smallest absolute Gasteiger partial charge is 0.416 e. The Balaban J connectivity index is 1.92. The molecular weight excluding hydrogens is 432 g/mol. The lowest BCUT2D eigenvalue weighted by molar-refractivity contribution is -0.138. The van der Waals surface area contributed by atoms with E-state index in [9.17, 15) is 31.7 Å². The molecule has 158 valence electrons. The van der Waals surface area contributed by atoms with E-state index in [0.717, 1.165) is 17.4 Å². The summed E-state index contributed by atoms with van der Waals surface area (Å²) in [7, 11) is -2.17. The number of amides is 1. The van der Waals surface area contributed by atoms with Gasteiger partial charge in [0.1, 0.15) is 16.4 Å². The molecule has 1 aromatic carbocycles. The molecule has 5 nitrogen and oxygen atoms in total. The van der Waals surface area contributed by atoms with Crippen molar-refractivity contribution >= 4 is 27.8 Å². The molecule has 0 atom stereocenters. The highest BCUT2D eigenvalue weighted by Gasteiger charge is 2.38. The number of alkyl halides is 3. The molecule has 11 heteroatoms. The van der Waals surface area contributed by atoms with Crippen LogP contribution < -0.4 is 0 Å². The van der Waals surface area contributed by atoms with Crippen molar-refractivity contribution in [3.63, 3.8) is 0 Å². The zero-order valence-electron chi connectivity index (χ0n) is 15.4. The molecule has 0 spiro atoms. The van der Waals surface area contributed by atoms with E-state index in [-0.39, 0.29) is 26.3 Å². The van der Waals surface area contributed by atoms with Crippen molar-refractivity contribution in [2.45, 2.75) is 55.0 Å². The second-order valence-corrected chi connectivity index (χ2v) is 9.66. The molecule has 29 heavy (non-hydrogen) atoms. The lowest BCUT2D eigenvalue weighted by Gasteiger charge is -2.17. The first-order valence-electron chi connectivity index (χ1n) is 8.61. The van der Waals surface area contributed by atoms with Crippen LogP contribution in [0.3, 0.4) is 0 Å². The van der Waals surface area contributed by atoms with Crippen LogP contribution in [0.25, 0.3) is 0 Å². The van der Waals surface area contributed by atoms with Gasteiger partial charge >= 0.3 is 6.18 Å². The van der Waals surface area contributed by atoms with Gasteiger partial charge in [-0.25, -0.2) is 9.37 Å². The van der Waals surface area contributed by atoms with Gasteiger partial charge in [0, 0.05) is 6.20 Å². The first kappa shape index (κ1) is 21.8. The zero-order chi connectivity index (χ0) is 21.6. The van der Waals surface area contributed by atoms with E-state index >= 15 is 0 Å². The van der Waals surface area contributed by atoms with Crippen LogP contribution in [0.1, 0.15) is 54.3 Å². The lowest BCUT2D eigenvalue weighted by atomic mass is 9.94. The van der Waals surface area contributed by atoms with Crippen LogP contribution in [-0.2, 0) is 37.8 Å². The SMILES string of the molecule is CC(C)(O)c1ncc([S-](=O)=NC(=O)Cc2c(C3CC3)cc(F)cc2C(F)(F)F)s1. The molecule has 0 aliphatic heterocycles. The highest BCUT2D eigenvalue weighted by atomic mass is 32.2. The summed E-state index contributed by atoms with van der Waals surface area (Å²) in [4.78, 5) is 16.2. The largest absolute Gasteiger partial charge is 0.439 e. The molecule has 1 N–H and O–H groups in total. The van der Waals surface area contributed by atoms with Crippen molar-refractivity contribution in [3.05, 3.63) is 45.8 Å². The van der Waals surface area contributed by atoms with Gasteiger partial charge in [-0.1, -0.05) is 0 Å². The van der Waals surface area contributed by atoms with E-state index < -0.39 is 46.1 Å². The Kier molecular flexibility index (Phi) is 5.85. The molecule has 1 saturated carbocycles. The van der Waals surface area contributed by atoms with Gasteiger partial charge in [-0.15, -0.1) is 21.9 Å². The average Bonchev–Trinajstić information content (AvgIpc) is 3.28. The van der Waals surface area contributed by atoms with E-state index in [1.807, 2.05) is 0 Å². The summed E-state index contributed by atoms with van der Waals surface area (Å²) in [5, 5.41) is 10.2. The highest BCUT2D eigenvalue weighted by molar-refractivity contribution is 7.78. The molecule has 0 unspecified atom stereocenters. The van der Waals surface area contributed by atoms with E-state index in [0.29, 0.717) is 18.9 Å². The summed E-state index contributed by atoms with van der Waals surface area (Å²) < 4.78 is 69.7.